The van der Waals surface area contributed by atoms with E-state index in [-0.39, 0.29) is 5.82 Å². The standard InChI is InChI=1S/C22H16FNS2/c23-18-13-11-16(12-14-18)15-20-22(25-19-9-5-2-6-10-19)26-21(24-20)17-7-3-1-4-8-17/h1-14H,15H2. The highest BCUT2D eigenvalue weighted by atomic mass is 32.2. The highest BCUT2D eigenvalue weighted by Gasteiger charge is 2.14. The van der Waals surface area contributed by atoms with E-state index in [0.717, 1.165) is 21.8 Å². The molecule has 0 radical (unpaired) electrons. The van der Waals surface area contributed by atoms with Crippen molar-refractivity contribution in [2.75, 3.05) is 0 Å². The molecular weight excluding hydrogens is 361 g/mol. The minimum Gasteiger partial charge on any atom is -0.240 e. The van der Waals surface area contributed by atoms with Crippen LogP contribution in [0.2, 0.25) is 0 Å². The smallest absolute Gasteiger partial charge is 0.124 e. The van der Waals surface area contributed by atoms with Gasteiger partial charge in [-0.3, -0.25) is 0 Å². The molecule has 128 valence electrons. The van der Waals surface area contributed by atoms with E-state index in [0.29, 0.717) is 6.42 Å². The van der Waals surface area contributed by atoms with Crippen molar-refractivity contribution < 1.29 is 4.39 Å². The quantitative estimate of drug-likeness (QED) is 0.384. The Balaban J connectivity index is 1.70. The van der Waals surface area contributed by atoms with Crippen LogP contribution in [-0.4, -0.2) is 4.98 Å². The van der Waals surface area contributed by atoms with E-state index >= 15 is 0 Å². The summed E-state index contributed by atoms with van der Waals surface area (Å²) in [6, 6.07) is 27.2. The highest BCUT2D eigenvalue weighted by molar-refractivity contribution is 8.01. The van der Waals surface area contributed by atoms with Gasteiger partial charge in [-0.1, -0.05) is 72.4 Å². The summed E-state index contributed by atoms with van der Waals surface area (Å²) < 4.78 is 14.4. The summed E-state index contributed by atoms with van der Waals surface area (Å²) in [7, 11) is 0. The number of nitrogens with zero attached hydrogens (tertiary/aromatic N) is 1. The normalized spacial score (nSPS) is 10.8. The summed E-state index contributed by atoms with van der Waals surface area (Å²) in [4.78, 5) is 6.09. The van der Waals surface area contributed by atoms with Crippen LogP contribution in [-0.2, 0) is 6.42 Å². The Morgan fingerprint density at radius 2 is 1.46 bits per heavy atom. The van der Waals surface area contributed by atoms with Crippen LogP contribution in [0.3, 0.4) is 0 Å². The zero-order valence-electron chi connectivity index (χ0n) is 13.9. The molecule has 0 spiro atoms. The molecule has 0 saturated heterocycles. The molecule has 0 bridgehead atoms. The molecule has 1 aromatic heterocycles. The summed E-state index contributed by atoms with van der Waals surface area (Å²) in [5.41, 5.74) is 3.22. The van der Waals surface area contributed by atoms with Gasteiger partial charge in [0, 0.05) is 16.9 Å². The predicted octanol–water partition coefficient (Wildman–Crippen LogP) is 6.69. The van der Waals surface area contributed by atoms with Crippen LogP contribution in [0.5, 0.6) is 0 Å². The zero-order chi connectivity index (χ0) is 17.8. The topological polar surface area (TPSA) is 12.9 Å². The lowest BCUT2D eigenvalue weighted by atomic mass is 10.1. The van der Waals surface area contributed by atoms with Crippen LogP contribution in [0, 0.1) is 5.82 Å². The molecule has 26 heavy (non-hydrogen) atoms. The molecule has 0 aliphatic carbocycles. The first-order valence-corrected chi connectivity index (χ1v) is 9.94. The van der Waals surface area contributed by atoms with E-state index in [9.17, 15) is 4.39 Å². The van der Waals surface area contributed by atoms with Gasteiger partial charge in [-0.15, -0.1) is 11.3 Å². The van der Waals surface area contributed by atoms with Crippen LogP contribution in [0.4, 0.5) is 4.39 Å². The third kappa shape index (κ3) is 4.03. The molecule has 0 aliphatic rings. The molecule has 0 amide bonds. The Bertz CT molecular complexity index is 980. The number of aromatic nitrogens is 1. The Labute approximate surface area is 160 Å². The van der Waals surface area contributed by atoms with Crippen LogP contribution in [0.1, 0.15) is 11.3 Å². The first-order valence-electron chi connectivity index (χ1n) is 8.30. The molecule has 4 aromatic rings. The Morgan fingerprint density at radius 3 is 2.15 bits per heavy atom. The van der Waals surface area contributed by atoms with Gasteiger partial charge < -0.3 is 0 Å². The van der Waals surface area contributed by atoms with Gasteiger partial charge in [-0.2, -0.15) is 0 Å². The van der Waals surface area contributed by atoms with Gasteiger partial charge in [0.15, 0.2) is 0 Å². The maximum atomic E-state index is 13.2. The maximum absolute atomic E-state index is 13.2. The molecule has 4 heteroatoms. The lowest BCUT2D eigenvalue weighted by Crippen LogP contribution is -1.91. The second kappa shape index (κ2) is 7.85. The van der Waals surface area contributed by atoms with Gasteiger partial charge in [-0.05, 0) is 29.8 Å². The molecule has 0 N–H and O–H groups in total. The van der Waals surface area contributed by atoms with Crippen LogP contribution >= 0.6 is 23.1 Å². The lowest BCUT2D eigenvalue weighted by Gasteiger charge is -2.03. The summed E-state index contributed by atoms with van der Waals surface area (Å²) in [5.74, 6) is -0.212. The number of hydrogen-bond acceptors (Lipinski definition) is 3. The van der Waals surface area contributed by atoms with Crippen molar-refractivity contribution in [3.63, 3.8) is 0 Å². The molecule has 3 aromatic carbocycles. The van der Waals surface area contributed by atoms with Crippen molar-refractivity contribution in [3.8, 4) is 10.6 Å². The SMILES string of the molecule is Fc1ccc(Cc2nc(-c3ccccc3)sc2Sc2ccccc2)cc1. The predicted molar refractivity (Wildman–Crippen MR) is 107 cm³/mol. The summed E-state index contributed by atoms with van der Waals surface area (Å²) in [6.07, 6.45) is 0.693. The third-order valence-corrected chi connectivity index (χ3v) is 6.29. The van der Waals surface area contributed by atoms with E-state index in [1.807, 2.05) is 48.5 Å². The van der Waals surface area contributed by atoms with Gasteiger partial charge >= 0.3 is 0 Å². The Kier molecular flexibility index (Phi) is 5.14. The average molecular weight is 378 g/mol. The van der Waals surface area contributed by atoms with Gasteiger partial charge in [-0.25, -0.2) is 9.37 Å². The number of rotatable bonds is 5. The second-order valence-corrected chi connectivity index (χ2v) is 8.18. The molecule has 0 unspecified atom stereocenters. The van der Waals surface area contributed by atoms with Crippen LogP contribution < -0.4 is 0 Å². The zero-order valence-corrected chi connectivity index (χ0v) is 15.6. The van der Waals surface area contributed by atoms with E-state index in [1.165, 1.54) is 21.2 Å². The van der Waals surface area contributed by atoms with Crippen molar-refractivity contribution in [1.82, 2.24) is 4.98 Å². The molecule has 1 heterocycles. The first kappa shape index (κ1) is 17.0. The molecular formula is C22H16FNS2. The molecule has 0 fully saturated rings. The molecule has 4 rings (SSSR count). The summed E-state index contributed by atoms with van der Waals surface area (Å²) in [5, 5.41) is 1.01. The molecule has 1 nitrogen and oxygen atoms in total. The van der Waals surface area contributed by atoms with Crippen molar-refractivity contribution in [2.24, 2.45) is 0 Å². The van der Waals surface area contributed by atoms with Gasteiger partial charge in [0.1, 0.15) is 10.8 Å². The number of hydrogen-bond donors (Lipinski definition) is 0. The number of halogens is 1. The highest BCUT2D eigenvalue weighted by Crippen LogP contribution is 2.39. The fourth-order valence-electron chi connectivity index (χ4n) is 2.62. The average Bonchev–Trinajstić information content (AvgIpc) is 3.07. The first-order chi connectivity index (χ1) is 12.8. The van der Waals surface area contributed by atoms with E-state index < -0.39 is 0 Å². The van der Waals surface area contributed by atoms with Crippen molar-refractivity contribution in [3.05, 3.63) is 102 Å². The van der Waals surface area contributed by atoms with E-state index in [2.05, 4.69) is 24.3 Å². The van der Waals surface area contributed by atoms with Gasteiger partial charge in [0.2, 0.25) is 0 Å². The molecule has 0 aliphatic heterocycles. The Morgan fingerprint density at radius 1 is 0.808 bits per heavy atom. The fourth-order valence-corrected chi connectivity index (χ4v) is 4.88. The number of benzene rings is 3. The van der Waals surface area contributed by atoms with Gasteiger partial charge in [0.25, 0.3) is 0 Å². The number of thiazole rings is 1. The minimum atomic E-state index is -0.212. The second-order valence-electron chi connectivity index (χ2n) is 5.84. The van der Waals surface area contributed by atoms with Crippen molar-refractivity contribution in [1.29, 1.82) is 0 Å². The maximum Gasteiger partial charge on any atom is 0.124 e. The molecule has 0 saturated carbocycles. The van der Waals surface area contributed by atoms with E-state index in [1.54, 1.807) is 23.1 Å². The minimum absolute atomic E-state index is 0.212. The van der Waals surface area contributed by atoms with Crippen LogP contribution in [0.15, 0.2) is 94.0 Å². The molecule has 0 atom stereocenters. The van der Waals surface area contributed by atoms with Gasteiger partial charge in [0.05, 0.1) is 9.90 Å². The fraction of sp³-hybridized carbons (Fsp3) is 0.0455. The lowest BCUT2D eigenvalue weighted by molar-refractivity contribution is 0.627. The summed E-state index contributed by atoms with van der Waals surface area (Å²) >= 11 is 3.44. The van der Waals surface area contributed by atoms with E-state index in [4.69, 9.17) is 4.98 Å². The third-order valence-electron chi connectivity index (χ3n) is 3.92. The van der Waals surface area contributed by atoms with Crippen molar-refractivity contribution >= 4 is 23.1 Å². The summed E-state index contributed by atoms with van der Waals surface area (Å²) in [6.45, 7) is 0. The Hall–Kier alpha value is -2.43. The van der Waals surface area contributed by atoms with Crippen molar-refractivity contribution in [2.45, 2.75) is 15.5 Å². The monoisotopic (exact) mass is 377 g/mol. The largest absolute Gasteiger partial charge is 0.240 e. The van der Waals surface area contributed by atoms with Crippen LogP contribution in [0.25, 0.3) is 10.6 Å².